The highest BCUT2D eigenvalue weighted by Crippen LogP contribution is 2.42. The van der Waals surface area contributed by atoms with Gasteiger partial charge in [0.05, 0.1) is 42.4 Å². The van der Waals surface area contributed by atoms with Crippen molar-refractivity contribution in [3.63, 3.8) is 0 Å². The molecule has 8 N–H and O–H groups in total. The van der Waals surface area contributed by atoms with Crippen LogP contribution < -0.4 is 21.3 Å². The van der Waals surface area contributed by atoms with E-state index < -0.39 is 58.4 Å². The Balaban J connectivity index is 0.000000388. The number of aliphatic carboxylic acids is 2. The first-order chi connectivity index (χ1) is 36.0. The summed E-state index contributed by atoms with van der Waals surface area (Å²) in [6, 6.07) is 20.1. The number of rotatable bonds is 14. The minimum absolute atomic E-state index is 0.00564. The third kappa shape index (κ3) is 27.7. The summed E-state index contributed by atoms with van der Waals surface area (Å²) in [5.41, 5.74) is 6.54. The Morgan fingerprint density at radius 2 is 1.24 bits per heavy atom. The molecule has 6 rings (SSSR count). The Hall–Kier alpha value is -5.04. The molecule has 2 fully saturated rings. The smallest absolute Gasteiger partial charge is 0.488 e. The third-order valence-corrected chi connectivity index (χ3v) is 13.7. The van der Waals surface area contributed by atoms with Gasteiger partial charge in [-0.3, -0.25) is 18.6 Å². The lowest BCUT2D eigenvalue weighted by Crippen LogP contribution is -2.30. The molecule has 4 aromatic rings. The molecule has 0 aliphatic heterocycles. The molecule has 0 spiro atoms. The van der Waals surface area contributed by atoms with Crippen LogP contribution in [0.2, 0.25) is 0 Å². The number of halogens is 7. The van der Waals surface area contributed by atoms with Gasteiger partial charge in [-0.25, -0.2) is 0 Å². The lowest BCUT2D eigenvalue weighted by molar-refractivity contribution is -0.138. The molecule has 0 aromatic heterocycles. The van der Waals surface area contributed by atoms with E-state index in [1.807, 2.05) is 12.1 Å². The van der Waals surface area contributed by atoms with Crippen LogP contribution in [0.25, 0.3) is 11.1 Å². The predicted molar refractivity (Wildman–Crippen MR) is 292 cm³/mol. The second-order valence-corrected chi connectivity index (χ2v) is 23.7. The van der Waals surface area contributed by atoms with Gasteiger partial charge in [0.25, 0.3) is 10.1 Å². The summed E-state index contributed by atoms with van der Waals surface area (Å²) in [4.78, 5) is 30.4. The van der Waals surface area contributed by atoms with E-state index in [0.29, 0.717) is 64.8 Å². The average Bonchev–Trinajstić information content (AvgIpc) is 3.32. The lowest BCUT2D eigenvalue weighted by Gasteiger charge is -2.37. The van der Waals surface area contributed by atoms with Crippen LogP contribution in [0.5, 0.6) is 11.5 Å². The van der Waals surface area contributed by atoms with Gasteiger partial charge in [-0.1, -0.05) is 99.9 Å². The van der Waals surface area contributed by atoms with Crippen molar-refractivity contribution in [3.8, 4) is 22.6 Å². The maximum atomic E-state index is 13.7. The van der Waals surface area contributed by atoms with E-state index in [0.717, 1.165) is 81.4 Å². The number of nitrogens with one attached hydrogen (secondary N) is 1. The number of hydrogen-bond donors (Lipinski definition) is 7. The summed E-state index contributed by atoms with van der Waals surface area (Å²) < 4.78 is 110. The van der Waals surface area contributed by atoms with Crippen molar-refractivity contribution in [2.45, 2.75) is 137 Å². The quantitative estimate of drug-likeness (QED) is 0.0204. The zero-order valence-corrected chi connectivity index (χ0v) is 47.4. The summed E-state index contributed by atoms with van der Waals surface area (Å²) in [5.74, 6) is -0.596. The summed E-state index contributed by atoms with van der Waals surface area (Å²) >= 11 is 2.85. The van der Waals surface area contributed by atoms with E-state index in [2.05, 4.69) is 62.8 Å². The average molecular weight is 1190 g/mol. The number of phenols is 1. The zero-order valence-electron chi connectivity index (χ0n) is 45.0. The summed E-state index contributed by atoms with van der Waals surface area (Å²) in [5, 5.41) is 45.8. The number of hydrogen-bond acceptors (Lipinski definition) is 12. The van der Waals surface area contributed by atoms with Gasteiger partial charge in [-0.15, -0.1) is 0 Å². The van der Waals surface area contributed by atoms with Crippen molar-refractivity contribution in [2.24, 2.45) is 28.4 Å². The maximum Gasteiger partial charge on any atom is 0.488 e. The summed E-state index contributed by atoms with van der Waals surface area (Å²) in [7, 11) is -4.78. The molecule has 0 bridgehead atoms. The summed E-state index contributed by atoms with van der Waals surface area (Å²) in [6.07, 6.45) is 0.384. The molecule has 0 radical (unpaired) electrons. The molecule has 2 saturated carbocycles. The fraction of sp³-hybridized carbons (Fsp3) is 0.509. The number of aromatic hydroxyl groups is 1. The highest BCUT2D eigenvalue weighted by Gasteiger charge is 2.35. The van der Waals surface area contributed by atoms with Gasteiger partial charge in [0.15, 0.2) is 0 Å². The Bertz CT molecular complexity index is 2590. The van der Waals surface area contributed by atoms with Gasteiger partial charge in [0.2, 0.25) is 0 Å². The molecular weight excluding hydrogens is 1120 g/mol. The highest BCUT2D eigenvalue weighted by atomic mass is 79.9. The summed E-state index contributed by atoms with van der Waals surface area (Å²) in [6.45, 7) is 14.4. The van der Waals surface area contributed by atoms with Gasteiger partial charge in [-0.05, 0) is 139 Å². The monoisotopic (exact) mass is 1190 g/mol. The normalized spacial score (nSPS) is 17.7. The van der Waals surface area contributed by atoms with E-state index in [1.54, 1.807) is 30.3 Å². The lowest BCUT2D eigenvalue weighted by atomic mass is 9.72. The van der Waals surface area contributed by atoms with Crippen LogP contribution in [-0.2, 0) is 42.8 Å². The molecule has 434 valence electrons. The predicted octanol–water partition coefficient (Wildman–Crippen LogP) is 11.3. The molecule has 2 aliphatic rings. The molecule has 23 heteroatoms. The van der Waals surface area contributed by atoms with E-state index in [9.17, 15) is 49.1 Å². The van der Waals surface area contributed by atoms with E-state index in [1.165, 1.54) is 18.2 Å². The van der Waals surface area contributed by atoms with Crippen molar-refractivity contribution in [1.29, 1.82) is 0 Å². The minimum atomic E-state index is -4.48. The fourth-order valence-electron chi connectivity index (χ4n) is 8.45. The van der Waals surface area contributed by atoms with Crippen molar-refractivity contribution in [2.75, 3.05) is 19.3 Å². The van der Waals surface area contributed by atoms with E-state index in [4.69, 9.17) is 40.0 Å². The molecule has 14 nitrogen and oxygen atoms in total. The molecule has 0 atom stereocenters. The zero-order chi connectivity index (χ0) is 59.2. The van der Waals surface area contributed by atoms with Gasteiger partial charge in [0, 0.05) is 29.7 Å². The maximum absolute atomic E-state index is 13.7. The Morgan fingerprint density at radius 1 is 0.718 bits per heavy atom. The van der Waals surface area contributed by atoms with Crippen LogP contribution >= 0.6 is 15.9 Å². The number of carboxylic acid groups (broad SMARTS) is 2. The molecule has 0 amide bonds. The van der Waals surface area contributed by atoms with E-state index in [-0.39, 0.29) is 47.2 Å². The van der Waals surface area contributed by atoms with Gasteiger partial charge >= 0.3 is 31.4 Å². The molecule has 0 saturated heterocycles. The Kier molecular flexibility index (Phi) is 28.1. The largest absolute Gasteiger partial charge is 0.508 e. The van der Waals surface area contributed by atoms with Crippen molar-refractivity contribution in [3.05, 3.63) is 112 Å². The van der Waals surface area contributed by atoms with E-state index >= 15 is 0 Å². The van der Waals surface area contributed by atoms with Gasteiger partial charge in [0.1, 0.15) is 17.8 Å². The topological polar surface area (TPSA) is 243 Å². The third-order valence-electron chi connectivity index (χ3n) is 12.7. The second-order valence-electron chi connectivity index (χ2n) is 21.2. The van der Waals surface area contributed by atoms with Crippen molar-refractivity contribution < 1.29 is 83.4 Å². The van der Waals surface area contributed by atoms with Crippen LogP contribution in [-0.4, -0.2) is 90.7 Å². The van der Waals surface area contributed by atoms with Crippen LogP contribution in [0, 0.1) is 22.7 Å². The fourth-order valence-corrected chi connectivity index (χ4v) is 9.62. The molecular formula is C55H74BBrF6N2O12S. The van der Waals surface area contributed by atoms with Crippen molar-refractivity contribution in [1.82, 2.24) is 5.32 Å². The second kappa shape index (κ2) is 31.7. The molecule has 2 aliphatic carbocycles. The Labute approximate surface area is 462 Å². The number of carbonyl (C=O) groups is 3. The number of phenolic OH excluding ortho intramolecular Hbond substituents is 1. The number of alkyl halides is 6. The Morgan fingerprint density at radius 3 is 1.69 bits per heavy atom. The first kappa shape index (κ1) is 69.1. The van der Waals surface area contributed by atoms with Gasteiger partial charge < -0.3 is 41.2 Å². The molecule has 78 heavy (non-hydrogen) atoms. The number of nitrogens with two attached hydrogens (primary N) is 1. The van der Waals surface area contributed by atoms with Crippen LogP contribution in [0.15, 0.2) is 89.4 Å². The van der Waals surface area contributed by atoms with Crippen LogP contribution in [0.1, 0.15) is 133 Å². The number of benzene rings is 4. The highest BCUT2D eigenvalue weighted by molar-refractivity contribution is 9.10. The van der Waals surface area contributed by atoms with Crippen molar-refractivity contribution >= 4 is 56.9 Å². The first-order valence-corrected chi connectivity index (χ1v) is 27.8. The molecule has 0 heterocycles. The first-order valence-electron chi connectivity index (χ1n) is 25.2. The minimum Gasteiger partial charge on any atom is -0.508 e. The molecule has 4 aromatic carbocycles. The number of carbonyl (C=O) groups excluding carboxylic acids is 1. The number of carboxylic acids is 2. The SMILES string of the molecule is CC(C)(C)C1CCC(OS(C)(=O)=O)CC1.CC(C)(C)C1CCC(Oc2cc(-c3cccc(CNCCC(=O)O)c3)cc(C(F)(F)F)c2)CC1.NCCC(=O)O.O=Cc1cccc(B(O)O)c1.Oc1cc(Br)cc(C(F)(F)F)c1. The number of ether oxygens (including phenoxy) is 1. The molecule has 0 unspecified atom stereocenters. The van der Waals surface area contributed by atoms with Crippen LogP contribution in [0.3, 0.4) is 0 Å². The standard InChI is InChI=1S/C27H34F3NO3.C11H22O3S.C7H7BO3.C7H4BrF3O.C3H7NO2/c1-26(2,3)21-7-9-23(10-8-21)34-24-15-20(14-22(16-24)27(28,29)30)19-6-4-5-18(13-19)17-31-12-11-25(32)33;1-11(2,3)9-5-7-10(8-6-9)14-15(4,12)13;9-5-6-2-1-3-7(4-6)8(10)11;8-5-1-4(7(9,10)11)2-6(12)3-5;4-2-1-3(5)6/h4-6,13-16,21,23,31H,7-12,17H2,1-3H3,(H,32,33);9-10H,5-8H2,1-4H3;1-5,10-11H;1-3,12H;1-2,4H2,(H,5,6). The van der Waals surface area contributed by atoms with Crippen LogP contribution in [0.4, 0.5) is 26.3 Å². The number of aldehydes is 1. The van der Waals surface area contributed by atoms with Gasteiger partial charge in [-0.2, -0.15) is 34.8 Å².